The number of alkyl carbamates (subject to hydrolysis) is 1. The van der Waals surface area contributed by atoms with Crippen LogP contribution in [0.4, 0.5) is 4.79 Å². The van der Waals surface area contributed by atoms with Gasteiger partial charge in [-0.1, -0.05) is 18.9 Å². The van der Waals surface area contributed by atoms with E-state index in [1.54, 1.807) is 6.20 Å². The van der Waals surface area contributed by atoms with Crippen LogP contribution in [0.2, 0.25) is 0 Å². The molecule has 0 unspecified atom stereocenters. The van der Waals surface area contributed by atoms with Crippen molar-refractivity contribution in [2.24, 2.45) is 0 Å². The van der Waals surface area contributed by atoms with Crippen LogP contribution in [0.5, 0.6) is 0 Å². The van der Waals surface area contributed by atoms with Crippen molar-refractivity contribution in [1.29, 1.82) is 0 Å². The number of amides is 1. The molecule has 1 N–H and O–H groups in total. The Morgan fingerprint density at radius 3 is 2.75 bits per heavy atom. The van der Waals surface area contributed by atoms with Crippen LogP contribution in [0.25, 0.3) is 0 Å². The Morgan fingerprint density at radius 1 is 1.58 bits per heavy atom. The van der Waals surface area contributed by atoms with E-state index in [0.717, 1.165) is 12.8 Å². The second-order valence-electron chi connectivity index (χ2n) is 2.73. The molecule has 0 aliphatic rings. The van der Waals surface area contributed by atoms with Gasteiger partial charge in [0, 0.05) is 6.20 Å². The van der Waals surface area contributed by atoms with Crippen molar-refractivity contribution >= 4 is 6.09 Å². The third kappa shape index (κ3) is 5.77. The molecule has 3 nitrogen and oxygen atoms in total. The molecule has 0 aromatic carbocycles. The van der Waals surface area contributed by atoms with Crippen LogP contribution in [0.3, 0.4) is 0 Å². The standard InChI is InChI=1S/C9H17NO2/c1-4-5-6-8(2)7-10-9(11)12-3/h7H,4-6H2,1-3H3,(H,10,11)/b8-7+. The number of methoxy groups -OCH3 is 1. The zero-order chi connectivity index (χ0) is 9.40. The lowest BCUT2D eigenvalue weighted by atomic mass is 10.1. The first kappa shape index (κ1) is 11.0. The van der Waals surface area contributed by atoms with Gasteiger partial charge in [0.05, 0.1) is 7.11 Å². The van der Waals surface area contributed by atoms with E-state index in [2.05, 4.69) is 17.0 Å². The maximum absolute atomic E-state index is 10.6. The second kappa shape index (κ2) is 6.70. The number of ether oxygens (including phenoxy) is 1. The predicted molar refractivity (Wildman–Crippen MR) is 48.8 cm³/mol. The van der Waals surface area contributed by atoms with Crippen molar-refractivity contribution in [3.05, 3.63) is 11.8 Å². The highest BCUT2D eigenvalue weighted by Gasteiger charge is 1.94. The summed E-state index contributed by atoms with van der Waals surface area (Å²) in [7, 11) is 1.35. The van der Waals surface area contributed by atoms with E-state index in [1.807, 2.05) is 6.92 Å². The van der Waals surface area contributed by atoms with Gasteiger partial charge in [-0.05, 0) is 19.8 Å². The normalized spacial score (nSPS) is 11.1. The largest absolute Gasteiger partial charge is 0.453 e. The molecule has 12 heavy (non-hydrogen) atoms. The van der Waals surface area contributed by atoms with Crippen LogP contribution in [0.1, 0.15) is 33.1 Å². The Kier molecular flexibility index (Phi) is 6.15. The van der Waals surface area contributed by atoms with Crippen molar-refractivity contribution in [2.75, 3.05) is 7.11 Å². The minimum atomic E-state index is -0.411. The highest BCUT2D eigenvalue weighted by Crippen LogP contribution is 2.04. The average molecular weight is 171 g/mol. The summed E-state index contributed by atoms with van der Waals surface area (Å²) in [6, 6.07) is 0. The molecule has 0 atom stereocenters. The van der Waals surface area contributed by atoms with Gasteiger partial charge in [0.1, 0.15) is 0 Å². The summed E-state index contributed by atoms with van der Waals surface area (Å²) < 4.78 is 4.41. The van der Waals surface area contributed by atoms with Gasteiger partial charge in [-0.3, -0.25) is 5.32 Å². The zero-order valence-electron chi connectivity index (χ0n) is 8.02. The van der Waals surface area contributed by atoms with E-state index in [-0.39, 0.29) is 0 Å². The number of carbonyl (C=O) groups is 1. The highest BCUT2D eigenvalue weighted by atomic mass is 16.5. The van der Waals surface area contributed by atoms with E-state index >= 15 is 0 Å². The monoisotopic (exact) mass is 171 g/mol. The molecule has 0 fully saturated rings. The Hall–Kier alpha value is -0.990. The van der Waals surface area contributed by atoms with Crippen LogP contribution in [-0.4, -0.2) is 13.2 Å². The molecule has 0 aliphatic heterocycles. The Morgan fingerprint density at radius 2 is 2.25 bits per heavy atom. The lowest BCUT2D eigenvalue weighted by molar-refractivity contribution is 0.175. The number of carbonyl (C=O) groups excluding carboxylic acids is 1. The summed E-state index contributed by atoms with van der Waals surface area (Å²) in [5, 5.41) is 2.52. The van der Waals surface area contributed by atoms with Crippen molar-refractivity contribution in [2.45, 2.75) is 33.1 Å². The van der Waals surface area contributed by atoms with E-state index in [1.165, 1.54) is 19.1 Å². The Balaban J connectivity index is 3.60. The zero-order valence-corrected chi connectivity index (χ0v) is 8.02. The van der Waals surface area contributed by atoms with Crippen molar-refractivity contribution in [3.63, 3.8) is 0 Å². The van der Waals surface area contributed by atoms with Crippen LogP contribution in [0, 0.1) is 0 Å². The van der Waals surface area contributed by atoms with Gasteiger partial charge in [0.25, 0.3) is 0 Å². The number of hydrogen-bond donors (Lipinski definition) is 1. The third-order valence-corrected chi connectivity index (χ3v) is 1.55. The molecular formula is C9H17NO2. The molecule has 3 heteroatoms. The summed E-state index contributed by atoms with van der Waals surface area (Å²) >= 11 is 0. The molecular weight excluding hydrogens is 154 g/mol. The number of rotatable bonds is 4. The van der Waals surface area contributed by atoms with Crippen LogP contribution in [-0.2, 0) is 4.74 Å². The number of hydrogen-bond acceptors (Lipinski definition) is 2. The molecule has 0 heterocycles. The first-order valence-corrected chi connectivity index (χ1v) is 4.20. The molecule has 0 aromatic rings. The predicted octanol–water partition coefficient (Wildman–Crippen LogP) is 2.44. The molecule has 0 saturated heterocycles. The van der Waals surface area contributed by atoms with Gasteiger partial charge in [-0.15, -0.1) is 0 Å². The maximum Gasteiger partial charge on any atom is 0.410 e. The van der Waals surface area contributed by atoms with Gasteiger partial charge in [0.2, 0.25) is 0 Å². The van der Waals surface area contributed by atoms with Crippen LogP contribution < -0.4 is 5.32 Å². The summed E-state index contributed by atoms with van der Waals surface area (Å²) in [4.78, 5) is 10.6. The minimum absolute atomic E-state index is 0.411. The maximum atomic E-state index is 10.6. The van der Waals surface area contributed by atoms with Crippen molar-refractivity contribution in [3.8, 4) is 0 Å². The Bertz CT molecular complexity index is 164. The molecule has 70 valence electrons. The van der Waals surface area contributed by atoms with Gasteiger partial charge in [-0.25, -0.2) is 4.79 Å². The number of nitrogens with one attached hydrogen (secondary N) is 1. The lowest BCUT2D eigenvalue weighted by Crippen LogP contribution is -2.16. The van der Waals surface area contributed by atoms with Crippen molar-refractivity contribution < 1.29 is 9.53 Å². The third-order valence-electron chi connectivity index (χ3n) is 1.55. The van der Waals surface area contributed by atoms with E-state index in [0.29, 0.717) is 0 Å². The lowest BCUT2D eigenvalue weighted by Gasteiger charge is -2.00. The molecule has 0 saturated carbocycles. The number of allylic oxidation sites excluding steroid dienone is 1. The molecule has 1 amide bonds. The molecule has 0 spiro atoms. The van der Waals surface area contributed by atoms with Gasteiger partial charge in [-0.2, -0.15) is 0 Å². The summed E-state index contributed by atoms with van der Waals surface area (Å²) in [5.74, 6) is 0. The van der Waals surface area contributed by atoms with Gasteiger partial charge in [0.15, 0.2) is 0 Å². The number of unbranched alkanes of at least 4 members (excludes halogenated alkanes) is 1. The molecule has 0 aliphatic carbocycles. The average Bonchev–Trinajstić information content (AvgIpc) is 2.10. The molecule has 0 aromatic heterocycles. The molecule has 0 bridgehead atoms. The minimum Gasteiger partial charge on any atom is -0.453 e. The Labute approximate surface area is 73.8 Å². The first-order valence-electron chi connectivity index (χ1n) is 4.20. The van der Waals surface area contributed by atoms with Gasteiger partial charge < -0.3 is 4.74 Å². The van der Waals surface area contributed by atoms with Gasteiger partial charge >= 0.3 is 6.09 Å². The topological polar surface area (TPSA) is 38.3 Å². The fraction of sp³-hybridized carbons (Fsp3) is 0.667. The first-order chi connectivity index (χ1) is 5.70. The highest BCUT2D eigenvalue weighted by molar-refractivity contribution is 5.68. The van der Waals surface area contributed by atoms with E-state index in [4.69, 9.17) is 0 Å². The molecule has 0 rings (SSSR count). The van der Waals surface area contributed by atoms with Crippen molar-refractivity contribution in [1.82, 2.24) is 5.32 Å². The molecule has 0 radical (unpaired) electrons. The summed E-state index contributed by atoms with van der Waals surface area (Å²) in [6.45, 7) is 4.13. The smallest absolute Gasteiger partial charge is 0.410 e. The van der Waals surface area contributed by atoms with Crippen LogP contribution >= 0.6 is 0 Å². The fourth-order valence-electron chi connectivity index (χ4n) is 0.769. The van der Waals surface area contributed by atoms with E-state index in [9.17, 15) is 4.79 Å². The fourth-order valence-corrected chi connectivity index (χ4v) is 0.769. The van der Waals surface area contributed by atoms with E-state index < -0.39 is 6.09 Å². The quantitative estimate of drug-likeness (QED) is 0.705. The van der Waals surface area contributed by atoms with Crippen LogP contribution in [0.15, 0.2) is 11.8 Å². The SMILES string of the molecule is CCCC/C(C)=C/NC(=O)OC. The second-order valence-corrected chi connectivity index (χ2v) is 2.73. The summed E-state index contributed by atoms with van der Waals surface area (Å²) in [6.07, 6.45) is 4.64. The summed E-state index contributed by atoms with van der Waals surface area (Å²) in [5.41, 5.74) is 1.17.